The first kappa shape index (κ1) is 14.0. The van der Waals surface area contributed by atoms with Gasteiger partial charge >= 0.3 is 6.09 Å². The minimum absolute atomic E-state index is 0.555. The van der Waals surface area contributed by atoms with Crippen molar-refractivity contribution >= 4 is 17.7 Å². The van der Waals surface area contributed by atoms with Crippen LogP contribution in [0.4, 0.5) is 4.79 Å². The van der Waals surface area contributed by atoms with Crippen LogP contribution in [-0.2, 0) is 6.54 Å². The van der Waals surface area contributed by atoms with E-state index in [1.807, 2.05) is 18.2 Å². The molecule has 1 aromatic carbocycles. The van der Waals surface area contributed by atoms with Crippen LogP contribution in [0.1, 0.15) is 5.56 Å². The molecule has 104 valence electrons. The fraction of sp³-hybridized carbons (Fsp3) is 0.462. The smallest absolute Gasteiger partial charge is 0.407 e. The summed E-state index contributed by atoms with van der Waals surface area (Å²) >= 11 is 6.08. The SMILES string of the molecule is COc1ccc(CN2CCN(C(=O)O)CC2)cc1Cl. The Labute approximate surface area is 117 Å². The summed E-state index contributed by atoms with van der Waals surface area (Å²) in [4.78, 5) is 14.5. The third-order valence-electron chi connectivity index (χ3n) is 3.27. The number of carboxylic acid groups (broad SMARTS) is 1. The predicted octanol–water partition coefficient (Wildman–Crippen LogP) is 2.14. The topological polar surface area (TPSA) is 53.0 Å². The van der Waals surface area contributed by atoms with Gasteiger partial charge in [-0.1, -0.05) is 17.7 Å². The second-order valence-corrected chi connectivity index (χ2v) is 4.92. The van der Waals surface area contributed by atoms with Crippen LogP contribution in [0.2, 0.25) is 5.02 Å². The number of benzene rings is 1. The van der Waals surface area contributed by atoms with Crippen LogP contribution < -0.4 is 4.74 Å². The maximum atomic E-state index is 10.8. The van der Waals surface area contributed by atoms with Gasteiger partial charge in [0.2, 0.25) is 0 Å². The van der Waals surface area contributed by atoms with Crippen LogP contribution in [0.25, 0.3) is 0 Å². The molecule has 0 radical (unpaired) electrons. The van der Waals surface area contributed by atoms with Crippen molar-refractivity contribution in [3.05, 3.63) is 28.8 Å². The van der Waals surface area contributed by atoms with Gasteiger partial charge in [-0.15, -0.1) is 0 Å². The van der Waals surface area contributed by atoms with Crippen molar-refractivity contribution in [2.24, 2.45) is 0 Å². The first-order valence-corrected chi connectivity index (χ1v) is 6.50. The van der Waals surface area contributed by atoms with E-state index in [9.17, 15) is 4.79 Å². The highest BCUT2D eigenvalue weighted by atomic mass is 35.5. The molecule has 0 aromatic heterocycles. The third kappa shape index (κ3) is 3.52. The first-order chi connectivity index (χ1) is 9.10. The van der Waals surface area contributed by atoms with E-state index in [-0.39, 0.29) is 0 Å². The molecule has 1 fully saturated rings. The summed E-state index contributed by atoms with van der Waals surface area (Å²) in [7, 11) is 1.59. The van der Waals surface area contributed by atoms with Crippen LogP contribution >= 0.6 is 11.6 Å². The van der Waals surface area contributed by atoms with E-state index in [0.717, 1.165) is 25.2 Å². The zero-order valence-corrected chi connectivity index (χ0v) is 11.6. The summed E-state index contributed by atoms with van der Waals surface area (Å²) in [6.45, 7) is 3.38. The van der Waals surface area contributed by atoms with Gasteiger partial charge in [-0.2, -0.15) is 0 Å². The van der Waals surface area contributed by atoms with Crippen LogP contribution in [0.3, 0.4) is 0 Å². The van der Waals surface area contributed by atoms with E-state index in [2.05, 4.69) is 4.90 Å². The highest BCUT2D eigenvalue weighted by Crippen LogP contribution is 2.25. The van der Waals surface area contributed by atoms with Gasteiger partial charge in [-0.25, -0.2) is 4.79 Å². The fourth-order valence-corrected chi connectivity index (χ4v) is 2.44. The van der Waals surface area contributed by atoms with Gasteiger partial charge in [0.25, 0.3) is 0 Å². The molecule has 0 saturated carbocycles. The van der Waals surface area contributed by atoms with Crippen LogP contribution in [0, 0.1) is 0 Å². The Morgan fingerprint density at radius 1 is 1.37 bits per heavy atom. The second-order valence-electron chi connectivity index (χ2n) is 4.51. The Balaban J connectivity index is 1.92. The van der Waals surface area contributed by atoms with Crippen molar-refractivity contribution in [1.29, 1.82) is 0 Å². The van der Waals surface area contributed by atoms with E-state index in [0.29, 0.717) is 23.9 Å². The number of hydrogen-bond acceptors (Lipinski definition) is 3. The van der Waals surface area contributed by atoms with Crippen molar-refractivity contribution in [2.75, 3.05) is 33.3 Å². The summed E-state index contributed by atoms with van der Waals surface area (Å²) in [5.74, 6) is 0.668. The van der Waals surface area contributed by atoms with Gasteiger partial charge in [0.15, 0.2) is 0 Å². The monoisotopic (exact) mass is 284 g/mol. The molecule has 1 aromatic rings. The van der Waals surface area contributed by atoms with E-state index >= 15 is 0 Å². The normalized spacial score (nSPS) is 16.4. The molecule has 0 aliphatic carbocycles. The van der Waals surface area contributed by atoms with Crippen LogP contribution in [0.5, 0.6) is 5.75 Å². The van der Waals surface area contributed by atoms with Gasteiger partial charge in [0.05, 0.1) is 12.1 Å². The zero-order valence-electron chi connectivity index (χ0n) is 10.8. The van der Waals surface area contributed by atoms with Crippen molar-refractivity contribution < 1.29 is 14.6 Å². The van der Waals surface area contributed by atoms with Crippen LogP contribution in [0.15, 0.2) is 18.2 Å². The van der Waals surface area contributed by atoms with E-state index in [1.165, 1.54) is 4.90 Å². The maximum absolute atomic E-state index is 10.8. The summed E-state index contributed by atoms with van der Waals surface area (Å²) in [6, 6.07) is 5.73. The standard InChI is InChI=1S/C13H17ClN2O3/c1-19-12-3-2-10(8-11(12)14)9-15-4-6-16(7-5-15)13(17)18/h2-3,8H,4-7,9H2,1H3,(H,17,18). The summed E-state index contributed by atoms with van der Waals surface area (Å²) in [5.41, 5.74) is 1.11. The number of carbonyl (C=O) groups is 1. The van der Waals surface area contributed by atoms with Crippen molar-refractivity contribution in [1.82, 2.24) is 9.80 Å². The van der Waals surface area contributed by atoms with Gasteiger partial charge in [0.1, 0.15) is 5.75 Å². The van der Waals surface area contributed by atoms with Gasteiger partial charge in [0, 0.05) is 32.7 Å². The molecular formula is C13H17ClN2O3. The van der Waals surface area contributed by atoms with Crippen molar-refractivity contribution in [2.45, 2.75) is 6.54 Å². The lowest BCUT2D eigenvalue weighted by Gasteiger charge is -2.33. The van der Waals surface area contributed by atoms with Gasteiger partial charge < -0.3 is 14.7 Å². The summed E-state index contributed by atoms with van der Waals surface area (Å²) in [5, 5.41) is 9.49. The molecule has 0 spiro atoms. The summed E-state index contributed by atoms with van der Waals surface area (Å²) in [6.07, 6.45) is -0.841. The lowest BCUT2D eigenvalue weighted by Crippen LogP contribution is -2.47. The highest BCUT2D eigenvalue weighted by Gasteiger charge is 2.20. The zero-order chi connectivity index (χ0) is 13.8. The van der Waals surface area contributed by atoms with E-state index < -0.39 is 6.09 Å². The molecule has 19 heavy (non-hydrogen) atoms. The minimum Gasteiger partial charge on any atom is -0.495 e. The molecule has 1 heterocycles. The molecule has 1 aliphatic heterocycles. The Kier molecular flexibility index (Phi) is 4.50. The molecule has 0 atom stereocenters. The molecule has 0 bridgehead atoms. The number of nitrogens with zero attached hydrogens (tertiary/aromatic N) is 2. The average Bonchev–Trinajstić information content (AvgIpc) is 2.39. The molecule has 1 aliphatic rings. The molecule has 1 amide bonds. The molecule has 5 nitrogen and oxygen atoms in total. The fourth-order valence-electron chi connectivity index (χ4n) is 2.16. The van der Waals surface area contributed by atoms with E-state index in [1.54, 1.807) is 7.11 Å². The minimum atomic E-state index is -0.841. The molecule has 0 unspecified atom stereocenters. The van der Waals surface area contributed by atoms with E-state index in [4.69, 9.17) is 21.4 Å². The third-order valence-corrected chi connectivity index (χ3v) is 3.56. The molecule has 1 N–H and O–H groups in total. The lowest BCUT2D eigenvalue weighted by atomic mass is 10.2. The first-order valence-electron chi connectivity index (χ1n) is 6.13. The summed E-state index contributed by atoms with van der Waals surface area (Å²) < 4.78 is 5.11. The molecule has 2 rings (SSSR count). The lowest BCUT2D eigenvalue weighted by molar-refractivity contribution is 0.103. The predicted molar refractivity (Wildman–Crippen MR) is 72.9 cm³/mol. The number of hydrogen-bond donors (Lipinski definition) is 1. The van der Waals surface area contributed by atoms with Crippen molar-refractivity contribution in [3.63, 3.8) is 0 Å². The largest absolute Gasteiger partial charge is 0.495 e. The Hall–Kier alpha value is -1.46. The average molecular weight is 285 g/mol. The Bertz CT molecular complexity index is 459. The molecule has 1 saturated heterocycles. The van der Waals surface area contributed by atoms with Crippen molar-refractivity contribution in [3.8, 4) is 5.75 Å². The Morgan fingerprint density at radius 2 is 2.05 bits per heavy atom. The second kappa shape index (κ2) is 6.12. The number of amides is 1. The number of halogens is 1. The maximum Gasteiger partial charge on any atom is 0.407 e. The molecule has 6 heteroatoms. The number of piperazine rings is 1. The molecular weight excluding hydrogens is 268 g/mol. The van der Waals surface area contributed by atoms with Crippen LogP contribution in [-0.4, -0.2) is 54.3 Å². The number of ether oxygens (including phenoxy) is 1. The van der Waals surface area contributed by atoms with Gasteiger partial charge in [-0.3, -0.25) is 4.90 Å². The van der Waals surface area contributed by atoms with Gasteiger partial charge in [-0.05, 0) is 17.7 Å². The number of rotatable bonds is 3. The quantitative estimate of drug-likeness (QED) is 0.924. The highest BCUT2D eigenvalue weighted by molar-refractivity contribution is 6.32. The Morgan fingerprint density at radius 3 is 2.58 bits per heavy atom. The number of methoxy groups -OCH3 is 1.